The van der Waals surface area contributed by atoms with E-state index in [0.717, 1.165) is 24.3 Å². The Morgan fingerprint density at radius 1 is 1.03 bits per heavy atom. The van der Waals surface area contributed by atoms with Gasteiger partial charge in [-0.25, -0.2) is 4.39 Å². The van der Waals surface area contributed by atoms with E-state index in [1.165, 1.54) is 11.8 Å². The molecule has 0 spiro atoms. The number of alkyl halides is 6. The molecule has 1 aliphatic rings. The molecule has 13 heteroatoms. The number of allylic oxidation sites excluding steroid dienone is 1. The summed E-state index contributed by atoms with van der Waals surface area (Å²) in [5.41, 5.74) is -3.58. The van der Waals surface area contributed by atoms with Gasteiger partial charge in [0.15, 0.2) is 0 Å². The first-order valence-electron chi connectivity index (χ1n) is 9.37. The molecule has 1 unspecified atom stereocenters. The van der Waals surface area contributed by atoms with Crippen molar-refractivity contribution in [3.05, 3.63) is 73.7 Å². The second-order valence-electron chi connectivity index (χ2n) is 7.30. The van der Waals surface area contributed by atoms with Gasteiger partial charge in [0, 0.05) is 23.1 Å². The minimum atomic E-state index is -5.06. The molecule has 2 nitrogen and oxygen atoms in total. The van der Waals surface area contributed by atoms with Gasteiger partial charge in [-0.15, -0.1) is 0 Å². The van der Waals surface area contributed by atoms with Crippen LogP contribution < -0.4 is 5.32 Å². The number of nitrogens with one attached hydrogen (secondary N) is 1. The van der Waals surface area contributed by atoms with Crippen molar-refractivity contribution in [2.45, 2.75) is 24.3 Å². The summed E-state index contributed by atoms with van der Waals surface area (Å²) in [5, 5.41) is 1.60. The number of hydrogen-bond acceptors (Lipinski definition) is 2. The molecule has 34 heavy (non-hydrogen) atoms. The van der Waals surface area contributed by atoms with E-state index in [0.29, 0.717) is 17.6 Å². The van der Waals surface area contributed by atoms with E-state index in [4.69, 9.17) is 34.8 Å². The Hall–Kier alpha value is -1.62. The fraction of sp³-hybridized carbons (Fsp3) is 0.286. The van der Waals surface area contributed by atoms with Crippen LogP contribution in [0.3, 0.4) is 0 Å². The maximum absolute atomic E-state index is 14.9. The van der Waals surface area contributed by atoms with Gasteiger partial charge in [0.25, 0.3) is 5.91 Å². The molecule has 0 bridgehead atoms. The molecule has 2 aromatic rings. The molecule has 3 rings (SSSR count). The monoisotopic (exact) mass is 565 g/mol. The minimum Gasteiger partial charge on any atom is -0.348 e. The molecule has 2 aromatic carbocycles. The number of benzene rings is 2. The van der Waals surface area contributed by atoms with Crippen molar-refractivity contribution in [3.63, 3.8) is 0 Å². The van der Waals surface area contributed by atoms with Crippen LogP contribution in [0.25, 0.3) is 5.83 Å². The standard InChI is InChI=1S/C21H13Cl3F7NOS/c22-15-4-10(5-16(23)18(15)24)13(20(26,27)28)6-17(25)9-1-2-12(14(3-9)21(29,30)31)19(33)32-11-7-34-8-11/h1-6,11,13H,7-8H2,(H,32,33). The highest BCUT2D eigenvalue weighted by molar-refractivity contribution is 8.00. The number of rotatable bonds is 5. The molecule has 1 aliphatic heterocycles. The van der Waals surface area contributed by atoms with Gasteiger partial charge < -0.3 is 5.32 Å². The molecule has 1 fully saturated rings. The highest BCUT2D eigenvalue weighted by atomic mass is 35.5. The van der Waals surface area contributed by atoms with E-state index in [2.05, 4.69) is 5.32 Å². The van der Waals surface area contributed by atoms with Gasteiger partial charge in [-0.05, 0) is 35.9 Å². The highest BCUT2D eigenvalue weighted by Gasteiger charge is 2.41. The number of thioether (sulfide) groups is 1. The van der Waals surface area contributed by atoms with E-state index in [1.807, 2.05) is 0 Å². The third-order valence-corrected chi connectivity index (χ3v) is 7.32. The number of carbonyl (C=O) groups excluding carboxylic acids is 1. The summed E-state index contributed by atoms with van der Waals surface area (Å²) in [7, 11) is 0. The number of amides is 1. The van der Waals surface area contributed by atoms with E-state index < -0.39 is 52.3 Å². The summed E-state index contributed by atoms with van der Waals surface area (Å²) in [6.07, 6.45) is -9.99. The van der Waals surface area contributed by atoms with Gasteiger partial charge in [-0.3, -0.25) is 4.79 Å². The van der Waals surface area contributed by atoms with Crippen LogP contribution in [-0.4, -0.2) is 29.6 Å². The average molecular weight is 567 g/mol. The number of carbonyl (C=O) groups is 1. The summed E-state index contributed by atoms with van der Waals surface area (Å²) in [6.45, 7) is 0. The zero-order chi connectivity index (χ0) is 25.4. The van der Waals surface area contributed by atoms with Crippen molar-refractivity contribution in [1.29, 1.82) is 0 Å². The molecular weight excluding hydrogens is 554 g/mol. The summed E-state index contributed by atoms with van der Waals surface area (Å²) >= 11 is 18.8. The van der Waals surface area contributed by atoms with Crippen molar-refractivity contribution in [2.75, 3.05) is 11.5 Å². The van der Waals surface area contributed by atoms with Crippen LogP contribution in [0.5, 0.6) is 0 Å². The smallest absolute Gasteiger partial charge is 0.348 e. The number of hydrogen-bond donors (Lipinski definition) is 1. The maximum Gasteiger partial charge on any atom is 0.417 e. The molecule has 1 N–H and O–H groups in total. The van der Waals surface area contributed by atoms with Gasteiger partial charge in [0.05, 0.1) is 26.2 Å². The van der Waals surface area contributed by atoms with Crippen LogP contribution in [0.1, 0.15) is 33.0 Å². The Bertz CT molecular complexity index is 1110. The van der Waals surface area contributed by atoms with Crippen LogP contribution in [-0.2, 0) is 6.18 Å². The lowest BCUT2D eigenvalue weighted by Crippen LogP contribution is -2.44. The van der Waals surface area contributed by atoms with E-state index in [9.17, 15) is 35.5 Å². The fourth-order valence-corrected chi connectivity index (χ4v) is 4.34. The van der Waals surface area contributed by atoms with Crippen molar-refractivity contribution in [2.24, 2.45) is 0 Å². The highest BCUT2D eigenvalue weighted by Crippen LogP contribution is 2.42. The molecule has 0 aliphatic carbocycles. The van der Waals surface area contributed by atoms with Gasteiger partial charge in [-0.2, -0.15) is 38.1 Å². The Balaban J connectivity index is 2.03. The number of halogens is 10. The molecule has 1 atom stereocenters. The van der Waals surface area contributed by atoms with Crippen molar-refractivity contribution in [3.8, 4) is 0 Å². The molecular formula is C21H13Cl3F7NOS. The minimum absolute atomic E-state index is 0.108. The zero-order valence-electron chi connectivity index (χ0n) is 16.6. The quantitative estimate of drug-likeness (QED) is 0.292. The topological polar surface area (TPSA) is 29.1 Å². The van der Waals surface area contributed by atoms with Gasteiger partial charge >= 0.3 is 12.4 Å². The van der Waals surface area contributed by atoms with Gasteiger partial charge in [0.2, 0.25) is 0 Å². The lowest BCUT2D eigenvalue weighted by Gasteiger charge is -2.26. The Kier molecular flexibility index (Phi) is 8.06. The second kappa shape index (κ2) is 10.2. The van der Waals surface area contributed by atoms with Crippen molar-refractivity contribution >= 4 is 58.3 Å². The van der Waals surface area contributed by atoms with Crippen LogP contribution in [0, 0.1) is 0 Å². The predicted molar refractivity (Wildman–Crippen MR) is 119 cm³/mol. The third-order valence-electron chi connectivity index (χ3n) is 4.85. The fourth-order valence-electron chi connectivity index (χ4n) is 3.08. The first-order chi connectivity index (χ1) is 15.7. The van der Waals surface area contributed by atoms with Gasteiger partial charge in [-0.1, -0.05) is 40.9 Å². The predicted octanol–water partition coefficient (Wildman–Crippen LogP) is 8.17. The van der Waals surface area contributed by atoms with Crippen molar-refractivity contribution in [1.82, 2.24) is 5.32 Å². The molecule has 1 saturated heterocycles. The lowest BCUT2D eigenvalue weighted by molar-refractivity contribution is -0.140. The van der Waals surface area contributed by atoms with Crippen LogP contribution >= 0.6 is 46.6 Å². The molecule has 184 valence electrons. The molecule has 1 amide bonds. The summed E-state index contributed by atoms with van der Waals surface area (Å²) in [6, 6.07) is 3.22. The third kappa shape index (κ3) is 6.13. The van der Waals surface area contributed by atoms with Crippen LogP contribution in [0.4, 0.5) is 30.7 Å². The molecule has 0 radical (unpaired) electrons. The van der Waals surface area contributed by atoms with E-state index in [-0.39, 0.29) is 27.2 Å². The lowest BCUT2D eigenvalue weighted by atomic mass is 9.95. The molecule has 0 aromatic heterocycles. The second-order valence-corrected chi connectivity index (χ2v) is 9.57. The van der Waals surface area contributed by atoms with Crippen LogP contribution in [0.2, 0.25) is 15.1 Å². The molecule has 1 heterocycles. The average Bonchev–Trinajstić information content (AvgIpc) is 2.70. The molecule has 0 saturated carbocycles. The van der Waals surface area contributed by atoms with E-state index >= 15 is 0 Å². The summed E-state index contributed by atoms with van der Waals surface area (Å²) < 4.78 is 96.6. The van der Waals surface area contributed by atoms with Crippen molar-refractivity contribution < 1.29 is 35.5 Å². The van der Waals surface area contributed by atoms with E-state index in [1.54, 1.807) is 0 Å². The first kappa shape index (κ1) is 27.0. The maximum atomic E-state index is 14.9. The largest absolute Gasteiger partial charge is 0.417 e. The summed E-state index contributed by atoms with van der Waals surface area (Å²) in [4.78, 5) is 12.3. The Morgan fingerprint density at radius 2 is 1.62 bits per heavy atom. The summed E-state index contributed by atoms with van der Waals surface area (Å²) in [5.74, 6) is -4.10. The SMILES string of the molecule is O=C(NC1CSC1)c1ccc(C(F)=CC(c2cc(Cl)c(Cl)c(Cl)c2)C(F)(F)F)cc1C(F)(F)F. The van der Waals surface area contributed by atoms with Crippen LogP contribution in [0.15, 0.2) is 36.4 Å². The zero-order valence-corrected chi connectivity index (χ0v) is 19.7. The first-order valence-corrected chi connectivity index (χ1v) is 11.7. The normalized spacial score (nSPS) is 16.2. The van der Waals surface area contributed by atoms with Gasteiger partial charge in [0.1, 0.15) is 11.7 Å². The Morgan fingerprint density at radius 3 is 2.09 bits per heavy atom. The Labute approximate surface area is 208 Å².